The summed E-state index contributed by atoms with van der Waals surface area (Å²) in [5.74, 6) is -0.996. The first-order valence-corrected chi connectivity index (χ1v) is 10.7. The van der Waals surface area contributed by atoms with Crippen molar-refractivity contribution in [2.75, 3.05) is 18.5 Å². The molecule has 1 saturated carbocycles. The Morgan fingerprint density at radius 2 is 1.89 bits per heavy atom. The molecule has 1 aliphatic heterocycles. The van der Waals surface area contributed by atoms with Crippen LogP contribution in [0, 0.1) is 11.8 Å². The number of carboxylic acid groups (broad SMARTS) is 1. The Labute approximate surface area is 159 Å². The van der Waals surface area contributed by atoms with Crippen molar-refractivity contribution in [3.05, 3.63) is 23.8 Å². The fourth-order valence-corrected chi connectivity index (χ4v) is 5.19. The number of nitrogens with one attached hydrogen (secondary N) is 1. The molecule has 2 N–H and O–H groups in total. The summed E-state index contributed by atoms with van der Waals surface area (Å²) >= 11 is 0. The highest BCUT2D eigenvalue weighted by Gasteiger charge is 2.42. The number of fused-ring (bicyclic) bond motifs is 1. The Balaban J connectivity index is 1.71. The molecule has 0 spiro atoms. The van der Waals surface area contributed by atoms with Crippen LogP contribution < -0.4 is 9.62 Å². The number of carbonyl (C=O) groups is 2. The van der Waals surface area contributed by atoms with Crippen LogP contribution in [0.3, 0.4) is 0 Å². The van der Waals surface area contributed by atoms with Gasteiger partial charge in [-0.15, -0.1) is 0 Å². The number of nitrogens with zero attached hydrogens (tertiary/aromatic N) is 1. The minimum Gasteiger partial charge on any atom is -0.481 e. The molecule has 1 amide bonds. The summed E-state index contributed by atoms with van der Waals surface area (Å²) in [6.07, 6.45) is 2.58. The lowest BCUT2D eigenvalue weighted by Crippen LogP contribution is -2.33. The van der Waals surface area contributed by atoms with Crippen LogP contribution in [0.1, 0.15) is 45.1 Å². The molecule has 27 heavy (non-hydrogen) atoms. The Morgan fingerprint density at radius 1 is 1.26 bits per heavy atom. The molecule has 1 aromatic carbocycles. The van der Waals surface area contributed by atoms with Crippen LogP contribution >= 0.6 is 0 Å². The van der Waals surface area contributed by atoms with Gasteiger partial charge >= 0.3 is 5.97 Å². The first-order valence-electron chi connectivity index (χ1n) is 9.19. The quantitative estimate of drug-likeness (QED) is 0.796. The average Bonchev–Trinajstić information content (AvgIpc) is 2.81. The maximum atomic E-state index is 12.7. The van der Waals surface area contributed by atoms with Crippen molar-refractivity contribution in [1.29, 1.82) is 0 Å². The lowest BCUT2D eigenvalue weighted by molar-refractivity contribution is -0.143. The number of hydrogen-bond acceptors (Lipinski definition) is 4. The lowest BCUT2D eigenvalue weighted by Gasteiger charge is -2.26. The molecule has 8 heteroatoms. The van der Waals surface area contributed by atoms with E-state index in [2.05, 4.69) is 4.72 Å². The van der Waals surface area contributed by atoms with Crippen molar-refractivity contribution in [3.8, 4) is 0 Å². The van der Waals surface area contributed by atoms with Crippen LogP contribution in [0.4, 0.5) is 5.69 Å². The number of anilines is 1. The minimum atomic E-state index is -3.69. The molecule has 1 fully saturated rings. The molecule has 148 valence electrons. The van der Waals surface area contributed by atoms with Gasteiger partial charge in [-0.1, -0.05) is 0 Å². The number of carbonyl (C=O) groups excluding carboxylic acids is 1. The molecule has 2 aliphatic rings. The van der Waals surface area contributed by atoms with Gasteiger partial charge in [-0.3, -0.25) is 9.59 Å². The summed E-state index contributed by atoms with van der Waals surface area (Å²) < 4.78 is 28.1. The average molecular weight is 394 g/mol. The largest absolute Gasteiger partial charge is 0.481 e. The number of likely N-dealkylation sites (N-methyl/N-ethyl adjacent to an activating group) is 1. The molecule has 3 rings (SSSR count). The lowest BCUT2D eigenvalue weighted by atomic mass is 9.82. The van der Waals surface area contributed by atoms with Crippen molar-refractivity contribution >= 4 is 27.6 Å². The Kier molecular flexibility index (Phi) is 5.07. The molecular weight excluding hydrogens is 368 g/mol. The van der Waals surface area contributed by atoms with E-state index in [1.54, 1.807) is 37.9 Å². The smallest absolute Gasteiger partial charge is 0.306 e. The number of carboxylic acids is 1. The van der Waals surface area contributed by atoms with Gasteiger partial charge in [0.25, 0.3) is 0 Å². The number of benzene rings is 1. The second kappa shape index (κ2) is 6.91. The number of sulfonamides is 1. The zero-order valence-corrected chi connectivity index (χ0v) is 16.7. The molecule has 0 saturated heterocycles. The highest BCUT2D eigenvalue weighted by Crippen LogP contribution is 2.41. The summed E-state index contributed by atoms with van der Waals surface area (Å²) in [6.45, 7) is 3.89. The highest BCUT2D eigenvalue weighted by molar-refractivity contribution is 7.89. The summed E-state index contributed by atoms with van der Waals surface area (Å²) in [5.41, 5.74) is 0.681. The number of rotatable bonds is 5. The summed E-state index contributed by atoms with van der Waals surface area (Å²) in [7, 11) is -2.00. The number of amides is 1. The van der Waals surface area contributed by atoms with Gasteiger partial charge in [-0.05, 0) is 69.2 Å². The monoisotopic (exact) mass is 394 g/mol. The van der Waals surface area contributed by atoms with E-state index >= 15 is 0 Å². The van der Waals surface area contributed by atoms with Crippen molar-refractivity contribution in [3.63, 3.8) is 0 Å². The van der Waals surface area contributed by atoms with Gasteiger partial charge in [0.15, 0.2) is 0 Å². The van der Waals surface area contributed by atoms with Crippen molar-refractivity contribution < 1.29 is 23.1 Å². The molecule has 0 aromatic heterocycles. The second-order valence-corrected chi connectivity index (χ2v) is 9.84. The second-order valence-electron chi connectivity index (χ2n) is 8.08. The van der Waals surface area contributed by atoms with Crippen LogP contribution in [0.15, 0.2) is 23.1 Å². The van der Waals surface area contributed by atoms with Crippen LogP contribution in [0.5, 0.6) is 0 Å². The van der Waals surface area contributed by atoms with E-state index in [1.165, 1.54) is 6.07 Å². The third kappa shape index (κ3) is 3.60. The van der Waals surface area contributed by atoms with Gasteiger partial charge in [-0.2, -0.15) is 0 Å². The molecule has 0 atom stereocenters. The van der Waals surface area contributed by atoms with Crippen LogP contribution in [-0.4, -0.2) is 39.0 Å². The Hall–Kier alpha value is -1.93. The van der Waals surface area contributed by atoms with Gasteiger partial charge in [0, 0.05) is 19.3 Å². The van der Waals surface area contributed by atoms with E-state index in [9.17, 15) is 18.0 Å². The number of aliphatic carboxylic acids is 1. The Bertz CT molecular complexity index is 870. The molecule has 1 heterocycles. The van der Waals surface area contributed by atoms with E-state index in [-0.39, 0.29) is 22.6 Å². The molecule has 1 aliphatic carbocycles. The molecule has 7 nitrogen and oxygen atoms in total. The third-order valence-corrected chi connectivity index (χ3v) is 7.33. The van der Waals surface area contributed by atoms with Gasteiger partial charge in [0.1, 0.15) is 0 Å². The van der Waals surface area contributed by atoms with E-state index in [0.717, 1.165) is 5.69 Å². The predicted molar refractivity (Wildman–Crippen MR) is 101 cm³/mol. The normalized spacial score (nSPS) is 24.7. The van der Waals surface area contributed by atoms with Crippen LogP contribution in [0.25, 0.3) is 0 Å². The molecule has 0 bridgehead atoms. The van der Waals surface area contributed by atoms with Gasteiger partial charge < -0.3 is 10.0 Å². The van der Waals surface area contributed by atoms with Gasteiger partial charge in [0.05, 0.1) is 16.2 Å². The molecule has 0 unspecified atom stereocenters. The predicted octanol–water partition coefficient (Wildman–Crippen LogP) is 2.11. The van der Waals surface area contributed by atoms with Gasteiger partial charge in [-0.25, -0.2) is 13.1 Å². The topological polar surface area (TPSA) is 104 Å². The maximum Gasteiger partial charge on any atom is 0.306 e. The fraction of sp³-hybridized carbons (Fsp3) is 0.579. The third-order valence-electron chi connectivity index (χ3n) is 5.91. The van der Waals surface area contributed by atoms with Crippen LogP contribution in [0.2, 0.25) is 0 Å². The standard InChI is InChI=1S/C19H26N2O5S/c1-19(2)15-10-14(8-9-16(15)21(3)18(19)24)27(25,26)20-11-12-4-6-13(7-5-12)17(22)23/h8-10,12-13,20H,4-7,11H2,1-3H3,(H,22,23). The molecule has 0 radical (unpaired) electrons. The maximum absolute atomic E-state index is 12.7. The summed E-state index contributed by atoms with van der Waals surface area (Å²) in [6, 6.07) is 4.78. The summed E-state index contributed by atoms with van der Waals surface area (Å²) in [5, 5.41) is 9.05. The molecular formula is C19H26N2O5S. The van der Waals surface area contributed by atoms with Crippen molar-refractivity contribution in [1.82, 2.24) is 4.72 Å². The first-order chi connectivity index (χ1) is 12.5. The summed E-state index contributed by atoms with van der Waals surface area (Å²) in [4.78, 5) is 25.1. The highest BCUT2D eigenvalue weighted by atomic mass is 32.2. The molecule has 1 aromatic rings. The first kappa shape index (κ1) is 19.8. The van der Waals surface area contributed by atoms with Crippen LogP contribution in [-0.2, 0) is 25.0 Å². The minimum absolute atomic E-state index is 0.0600. The zero-order valence-electron chi connectivity index (χ0n) is 15.9. The fourth-order valence-electron chi connectivity index (χ4n) is 4.04. The SMILES string of the molecule is CN1C(=O)C(C)(C)c2cc(S(=O)(=O)NCC3CCC(C(=O)O)CC3)ccc21. The van der Waals surface area contributed by atoms with Crippen molar-refractivity contribution in [2.24, 2.45) is 11.8 Å². The zero-order chi connectivity index (χ0) is 20.0. The van der Waals surface area contributed by atoms with E-state index < -0.39 is 21.4 Å². The van der Waals surface area contributed by atoms with E-state index in [1.807, 2.05) is 0 Å². The number of hydrogen-bond donors (Lipinski definition) is 2. The van der Waals surface area contributed by atoms with E-state index in [0.29, 0.717) is 37.8 Å². The Morgan fingerprint density at radius 3 is 2.48 bits per heavy atom. The van der Waals surface area contributed by atoms with Crippen molar-refractivity contribution in [2.45, 2.75) is 49.8 Å². The van der Waals surface area contributed by atoms with E-state index in [4.69, 9.17) is 5.11 Å². The van der Waals surface area contributed by atoms with Gasteiger partial charge in [0.2, 0.25) is 15.9 Å².